The van der Waals surface area contributed by atoms with Gasteiger partial charge in [-0.05, 0) is 13.3 Å². The maximum atomic E-state index is 11.9. The van der Waals surface area contributed by atoms with E-state index in [1.807, 2.05) is 0 Å². The molecule has 0 bridgehead atoms. The Kier molecular flexibility index (Phi) is 11.2. The van der Waals surface area contributed by atoms with E-state index in [2.05, 4.69) is 22.0 Å². The summed E-state index contributed by atoms with van der Waals surface area (Å²) in [5, 5.41) is 4.42. The molecule has 0 spiro atoms. The molecule has 30 heavy (non-hydrogen) atoms. The van der Waals surface area contributed by atoms with Gasteiger partial charge >= 0.3 is 5.97 Å². The predicted molar refractivity (Wildman–Crippen MR) is 121 cm³/mol. The van der Waals surface area contributed by atoms with Crippen LogP contribution < -0.4 is 5.73 Å². The Labute approximate surface area is 180 Å². The summed E-state index contributed by atoms with van der Waals surface area (Å²) in [5.74, 6) is 0.879. The highest BCUT2D eigenvalue weighted by Gasteiger charge is 2.16. The number of carbonyl (C=O) groups excluding carboxylic acids is 1. The quantitative estimate of drug-likeness (QED) is 0.285. The van der Waals surface area contributed by atoms with Crippen molar-refractivity contribution in [3.8, 4) is 0 Å². The second-order valence-corrected chi connectivity index (χ2v) is 8.01. The molecule has 0 saturated heterocycles. The number of fused-ring (bicyclic) bond motifs is 1. The molecule has 2 N–H and O–H groups in total. The van der Waals surface area contributed by atoms with Crippen LogP contribution >= 0.6 is 0 Å². The van der Waals surface area contributed by atoms with Gasteiger partial charge in [0.25, 0.3) is 5.78 Å². The van der Waals surface area contributed by atoms with E-state index in [1.54, 1.807) is 6.92 Å². The molecule has 0 saturated carbocycles. The highest BCUT2D eigenvalue weighted by atomic mass is 16.5. The van der Waals surface area contributed by atoms with Gasteiger partial charge in [-0.25, -0.2) is 9.78 Å². The predicted octanol–water partition coefficient (Wildman–Crippen LogP) is 5.52. The van der Waals surface area contributed by atoms with Crippen LogP contribution in [0.15, 0.2) is 6.20 Å². The van der Waals surface area contributed by atoms with E-state index < -0.39 is 5.97 Å². The molecule has 2 rings (SSSR count). The number of rotatable bonds is 16. The van der Waals surface area contributed by atoms with Crippen LogP contribution in [0.4, 0.5) is 5.82 Å². The molecule has 0 atom stereocenters. The summed E-state index contributed by atoms with van der Waals surface area (Å²) in [6.45, 7) is 4.31. The minimum absolute atomic E-state index is 0.224. The van der Waals surface area contributed by atoms with Gasteiger partial charge in [-0.3, -0.25) is 0 Å². The molecule has 0 aliphatic carbocycles. The zero-order valence-electron chi connectivity index (χ0n) is 18.9. The molecule has 7 heteroatoms. The number of ether oxygens (including phenoxy) is 1. The van der Waals surface area contributed by atoms with Gasteiger partial charge < -0.3 is 10.5 Å². The summed E-state index contributed by atoms with van der Waals surface area (Å²) in [7, 11) is 0. The van der Waals surface area contributed by atoms with Crippen LogP contribution in [0, 0.1) is 0 Å². The molecule has 2 aromatic heterocycles. The summed E-state index contributed by atoms with van der Waals surface area (Å²) < 4.78 is 6.43. The van der Waals surface area contributed by atoms with Crippen LogP contribution in [0.2, 0.25) is 0 Å². The Morgan fingerprint density at radius 2 is 1.50 bits per heavy atom. The van der Waals surface area contributed by atoms with Crippen molar-refractivity contribution in [2.24, 2.45) is 0 Å². The number of anilines is 1. The Bertz CT molecular complexity index is 759. The Hall–Kier alpha value is -2.18. The molecule has 2 aromatic rings. The van der Waals surface area contributed by atoms with Gasteiger partial charge in [0.2, 0.25) is 0 Å². The highest BCUT2D eigenvalue weighted by Crippen LogP contribution is 2.15. The van der Waals surface area contributed by atoms with Crippen molar-refractivity contribution in [2.75, 3.05) is 12.3 Å². The molecule has 0 aromatic carbocycles. The van der Waals surface area contributed by atoms with Crippen molar-refractivity contribution in [2.45, 2.75) is 104 Å². The molecule has 7 nitrogen and oxygen atoms in total. The Morgan fingerprint density at radius 1 is 0.933 bits per heavy atom. The second kappa shape index (κ2) is 13.9. The summed E-state index contributed by atoms with van der Waals surface area (Å²) in [6.07, 6.45) is 19.5. The molecule has 0 aliphatic rings. The minimum atomic E-state index is -0.488. The lowest BCUT2D eigenvalue weighted by Crippen LogP contribution is -2.12. The van der Waals surface area contributed by atoms with Crippen molar-refractivity contribution < 1.29 is 9.53 Å². The minimum Gasteiger partial charge on any atom is -0.462 e. The van der Waals surface area contributed by atoms with Crippen molar-refractivity contribution in [1.82, 2.24) is 19.6 Å². The number of aryl methyl sites for hydroxylation is 1. The highest BCUT2D eigenvalue weighted by molar-refractivity contribution is 5.94. The summed E-state index contributed by atoms with van der Waals surface area (Å²) in [5.41, 5.74) is 6.28. The first-order valence-corrected chi connectivity index (χ1v) is 11.8. The molecule has 0 unspecified atom stereocenters. The first-order chi connectivity index (χ1) is 14.7. The third-order valence-electron chi connectivity index (χ3n) is 5.45. The Morgan fingerprint density at radius 3 is 2.07 bits per heavy atom. The first kappa shape index (κ1) is 24.1. The molecule has 0 amide bonds. The lowest BCUT2D eigenvalue weighted by Gasteiger charge is -2.04. The summed E-state index contributed by atoms with van der Waals surface area (Å²) >= 11 is 0. The van der Waals surface area contributed by atoms with Gasteiger partial charge in [-0.2, -0.15) is 9.50 Å². The van der Waals surface area contributed by atoms with Crippen LogP contribution in [-0.2, 0) is 11.2 Å². The summed E-state index contributed by atoms with van der Waals surface area (Å²) in [6, 6.07) is 0. The fourth-order valence-corrected chi connectivity index (χ4v) is 3.67. The average molecular weight is 418 g/mol. The van der Waals surface area contributed by atoms with Gasteiger partial charge in [0.1, 0.15) is 11.4 Å². The number of unbranched alkanes of at least 4 members (excludes halogenated alkanes) is 12. The van der Waals surface area contributed by atoms with Gasteiger partial charge in [0.05, 0.1) is 6.61 Å². The zero-order valence-corrected chi connectivity index (χ0v) is 18.9. The third-order valence-corrected chi connectivity index (χ3v) is 5.45. The van der Waals surface area contributed by atoms with Crippen molar-refractivity contribution in [3.05, 3.63) is 17.6 Å². The lowest BCUT2D eigenvalue weighted by atomic mass is 10.0. The van der Waals surface area contributed by atoms with E-state index in [9.17, 15) is 4.79 Å². The summed E-state index contributed by atoms with van der Waals surface area (Å²) in [4.78, 5) is 20.5. The number of carbonyl (C=O) groups is 1. The van der Waals surface area contributed by atoms with Crippen LogP contribution in [0.25, 0.3) is 5.78 Å². The normalized spacial score (nSPS) is 11.3. The first-order valence-electron chi connectivity index (χ1n) is 11.8. The molecular formula is C23H39N5O2. The Balaban J connectivity index is 1.60. The van der Waals surface area contributed by atoms with E-state index in [1.165, 1.54) is 87.8 Å². The topological polar surface area (TPSA) is 95.4 Å². The zero-order chi connectivity index (χ0) is 21.6. The number of aromatic nitrogens is 4. The maximum Gasteiger partial charge on any atom is 0.343 e. The van der Waals surface area contributed by atoms with Crippen LogP contribution in [-0.4, -0.2) is 32.2 Å². The maximum absolute atomic E-state index is 11.9. The van der Waals surface area contributed by atoms with Gasteiger partial charge in [-0.15, -0.1) is 5.10 Å². The third kappa shape index (κ3) is 7.92. The molecular weight excluding hydrogens is 378 g/mol. The largest absolute Gasteiger partial charge is 0.462 e. The molecule has 0 aliphatic heterocycles. The fraction of sp³-hybridized carbons (Fsp3) is 0.739. The van der Waals surface area contributed by atoms with Crippen molar-refractivity contribution in [3.63, 3.8) is 0 Å². The monoisotopic (exact) mass is 417 g/mol. The SMILES string of the molecule is CCCCCCCCCCCCCCCc1nc2ncc(C(=O)OCC)c(N)n2n1. The molecule has 2 heterocycles. The number of hydrogen-bond donors (Lipinski definition) is 1. The number of nitrogens with zero attached hydrogens (tertiary/aromatic N) is 4. The molecule has 0 fully saturated rings. The van der Waals surface area contributed by atoms with Gasteiger partial charge in [-0.1, -0.05) is 84.0 Å². The van der Waals surface area contributed by atoms with E-state index in [0.29, 0.717) is 5.78 Å². The van der Waals surface area contributed by atoms with Gasteiger partial charge in [0, 0.05) is 12.6 Å². The van der Waals surface area contributed by atoms with E-state index in [4.69, 9.17) is 10.5 Å². The van der Waals surface area contributed by atoms with Crippen LogP contribution in [0.1, 0.15) is 114 Å². The number of hydrogen-bond acceptors (Lipinski definition) is 6. The lowest BCUT2D eigenvalue weighted by molar-refractivity contribution is 0.0526. The smallest absolute Gasteiger partial charge is 0.343 e. The fourth-order valence-electron chi connectivity index (χ4n) is 3.67. The number of nitrogens with two attached hydrogens (primary N) is 1. The average Bonchev–Trinajstić information content (AvgIpc) is 3.16. The van der Waals surface area contributed by atoms with Gasteiger partial charge in [0.15, 0.2) is 5.82 Å². The van der Waals surface area contributed by atoms with Crippen molar-refractivity contribution in [1.29, 1.82) is 0 Å². The van der Waals surface area contributed by atoms with Crippen molar-refractivity contribution >= 4 is 17.6 Å². The molecule has 0 radical (unpaired) electrons. The number of nitrogen functional groups attached to an aromatic ring is 1. The van der Waals surface area contributed by atoms with E-state index in [-0.39, 0.29) is 18.0 Å². The van der Waals surface area contributed by atoms with Crippen LogP contribution in [0.3, 0.4) is 0 Å². The van der Waals surface area contributed by atoms with Crippen LogP contribution in [0.5, 0.6) is 0 Å². The van der Waals surface area contributed by atoms with E-state index >= 15 is 0 Å². The standard InChI is InChI=1S/C23H39N5O2/c1-3-5-6-7-8-9-10-11-12-13-14-15-16-17-20-26-23-25-18-19(22(29)30-4-2)21(24)28(23)27-20/h18H,3-17,24H2,1-2H3. The molecule has 168 valence electrons. The van der Waals surface area contributed by atoms with E-state index in [0.717, 1.165) is 18.7 Å². The second-order valence-electron chi connectivity index (χ2n) is 8.01. The number of esters is 1.